The SMILES string of the molecule is COc1cccc(/C=C/C(=O)OCCCc2c[nH]c3ccc(F)cc23)c1. The van der Waals surface area contributed by atoms with Crippen molar-refractivity contribution in [2.45, 2.75) is 12.8 Å². The molecule has 3 rings (SSSR count). The van der Waals surface area contributed by atoms with Crippen LogP contribution in [-0.2, 0) is 16.0 Å². The third kappa shape index (κ3) is 4.51. The van der Waals surface area contributed by atoms with Crippen molar-refractivity contribution in [1.29, 1.82) is 0 Å². The molecule has 5 heteroatoms. The minimum Gasteiger partial charge on any atom is -0.497 e. The Kier molecular flexibility index (Phi) is 5.69. The Bertz CT molecular complexity index is 930. The molecule has 0 bridgehead atoms. The van der Waals surface area contributed by atoms with E-state index in [4.69, 9.17) is 9.47 Å². The van der Waals surface area contributed by atoms with Crippen molar-refractivity contribution in [2.24, 2.45) is 0 Å². The van der Waals surface area contributed by atoms with Gasteiger partial charge in [0.25, 0.3) is 0 Å². The van der Waals surface area contributed by atoms with E-state index in [1.165, 1.54) is 18.2 Å². The van der Waals surface area contributed by atoms with Crippen LogP contribution in [0.1, 0.15) is 17.5 Å². The first-order chi connectivity index (χ1) is 12.7. The molecule has 134 valence electrons. The van der Waals surface area contributed by atoms with Gasteiger partial charge in [-0.15, -0.1) is 0 Å². The van der Waals surface area contributed by atoms with Crippen LogP contribution in [0.25, 0.3) is 17.0 Å². The third-order valence-electron chi connectivity index (χ3n) is 4.07. The Morgan fingerprint density at radius 3 is 2.96 bits per heavy atom. The first-order valence-corrected chi connectivity index (χ1v) is 8.40. The van der Waals surface area contributed by atoms with Gasteiger partial charge in [-0.05, 0) is 60.4 Å². The molecular formula is C21H20FNO3. The van der Waals surface area contributed by atoms with Gasteiger partial charge in [-0.3, -0.25) is 0 Å². The van der Waals surface area contributed by atoms with Gasteiger partial charge in [0.15, 0.2) is 0 Å². The first kappa shape index (κ1) is 17.7. The molecule has 4 nitrogen and oxygen atoms in total. The minimum absolute atomic E-state index is 0.257. The summed E-state index contributed by atoms with van der Waals surface area (Å²) in [5, 5.41) is 0.870. The highest BCUT2D eigenvalue weighted by Crippen LogP contribution is 2.20. The van der Waals surface area contributed by atoms with Crippen LogP contribution in [0.4, 0.5) is 4.39 Å². The molecule has 26 heavy (non-hydrogen) atoms. The molecule has 1 N–H and O–H groups in total. The highest BCUT2D eigenvalue weighted by atomic mass is 19.1. The van der Waals surface area contributed by atoms with Gasteiger partial charge in [-0.1, -0.05) is 12.1 Å². The molecule has 3 aromatic rings. The standard InChI is InChI=1S/C21H20FNO3/c1-25-18-6-2-4-15(12-18)7-10-21(24)26-11-3-5-16-14-23-20-9-8-17(22)13-19(16)20/h2,4,6-10,12-14,23H,3,5,11H2,1H3/b10-7+. The number of hydrogen-bond donors (Lipinski definition) is 1. The van der Waals surface area contributed by atoms with Crippen LogP contribution in [0, 0.1) is 5.82 Å². The molecule has 0 spiro atoms. The summed E-state index contributed by atoms with van der Waals surface area (Å²) in [6, 6.07) is 12.1. The quantitative estimate of drug-likeness (QED) is 0.386. The monoisotopic (exact) mass is 353 g/mol. The summed E-state index contributed by atoms with van der Waals surface area (Å²) in [5.74, 6) is 0.0842. The van der Waals surface area contributed by atoms with E-state index in [1.807, 2.05) is 30.5 Å². The average Bonchev–Trinajstić information content (AvgIpc) is 3.06. The minimum atomic E-state index is -0.391. The van der Waals surface area contributed by atoms with Crippen molar-refractivity contribution in [3.05, 3.63) is 71.7 Å². The van der Waals surface area contributed by atoms with Crippen molar-refractivity contribution >= 4 is 22.9 Å². The number of aryl methyl sites for hydroxylation is 1. The fourth-order valence-electron chi connectivity index (χ4n) is 2.75. The number of nitrogens with one attached hydrogen (secondary N) is 1. The Morgan fingerprint density at radius 2 is 2.12 bits per heavy atom. The van der Waals surface area contributed by atoms with Gasteiger partial charge in [0.2, 0.25) is 0 Å². The number of hydrogen-bond acceptors (Lipinski definition) is 3. The zero-order chi connectivity index (χ0) is 18.4. The van der Waals surface area contributed by atoms with Crippen LogP contribution < -0.4 is 4.74 Å². The maximum absolute atomic E-state index is 13.4. The molecule has 0 aliphatic rings. The molecule has 0 saturated carbocycles. The van der Waals surface area contributed by atoms with Crippen LogP contribution in [0.3, 0.4) is 0 Å². The molecule has 0 amide bonds. The average molecular weight is 353 g/mol. The second-order valence-corrected chi connectivity index (χ2v) is 5.88. The van der Waals surface area contributed by atoms with E-state index >= 15 is 0 Å². The van der Waals surface area contributed by atoms with Crippen molar-refractivity contribution < 1.29 is 18.7 Å². The van der Waals surface area contributed by atoms with E-state index < -0.39 is 5.97 Å². The Hall–Kier alpha value is -3.08. The second-order valence-electron chi connectivity index (χ2n) is 5.88. The maximum atomic E-state index is 13.4. The van der Waals surface area contributed by atoms with Crippen LogP contribution >= 0.6 is 0 Å². The number of rotatable bonds is 7. The molecule has 0 unspecified atom stereocenters. The number of H-pyrrole nitrogens is 1. The van der Waals surface area contributed by atoms with Gasteiger partial charge < -0.3 is 14.5 Å². The molecule has 1 heterocycles. The lowest BCUT2D eigenvalue weighted by atomic mass is 10.1. The van der Waals surface area contributed by atoms with Gasteiger partial charge >= 0.3 is 5.97 Å². The number of methoxy groups -OCH3 is 1. The molecule has 0 radical (unpaired) electrons. The van der Waals surface area contributed by atoms with Gasteiger partial charge in [0, 0.05) is 23.2 Å². The van der Waals surface area contributed by atoms with E-state index in [-0.39, 0.29) is 5.82 Å². The van der Waals surface area contributed by atoms with E-state index in [0.717, 1.165) is 27.8 Å². The molecule has 2 aromatic carbocycles. The Balaban J connectivity index is 1.47. The number of ether oxygens (including phenoxy) is 2. The molecule has 0 aliphatic carbocycles. The Morgan fingerprint density at radius 1 is 1.23 bits per heavy atom. The summed E-state index contributed by atoms with van der Waals surface area (Å²) in [7, 11) is 1.60. The van der Waals surface area contributed by atoms with Crippen molar-refractivity contribution in [2.75, 3.05) is 13.7 Å². The van der Waals surface area contributed by atoms with Gasteiger partial charge in [-0.25, -0.2) is 9.18 Å². The lowest BCUT2D eigenvalue weighted by molar-refractivity contribution is -0.137. The largest absolute Gasteiger partial charge is 0.497 e. The van der Waals surface area contributed by atoms with Crippen molar-refractivity contribution in [1.82, 2.24) is 4.98 Å². The topological polar surface area (TPSA) is 51.3 Å². The van der Waals surface area contributed by atoms with Crippen LogP contribution in [0.5, 0.6) is 5.75 Å². The zero-order valence-corrected chi connectivity index (χ0v) is 14.5. The van der Waals surface area contributed by atoms with E-state index in [2.05, 4.69) is 4.98 Å². The summed E-state index contributed by atoms with van der Waals surface area (Å²) in [6.07, 6.45) is 6.33. The summed E-state index contributed by atoms with van der Waals surface area (Å²) >= 11 is 0. The molecule has 0 fully saturated rings. The number of aromatic nitrogens is 1. The number of fused-ring (bicyclic) bond motifs is 1. The zero-order valence-electron chi connectivity index (χ0n) is 14.5. The van der Waals surface area contributed by atoms with Gasteiger partial charge in [0.05, 0.1) is 13.7 Å². The smallest absolute Gasteiger partial charge is 0.330 e. The molecule has 1 aromatic heterocycles. The van der Waals surface area contributed by atoms with E-state index in [1.54, 1.807) is 19.3 Å². The van der Waals surface area contributed by atoms with Crippen LogP contribution in [0.2, 0.25) is 0 Å². The van der Waals surface area contributed by atoms with Crippen LogP contribution in [0.15, 0.2) is 54.7 Å². The lowest BCUT2D eigenvalue weighted by Crippen LogP contribution is -2.03. The number of aromatic amines is 1. The summed E-state index contributed by atoms with van der Waals surface area (Å²) in [5.41, 5.74) is 2.78. The predicted octanol–water partition coefficient (Wildman–Crippen LogP) is 4.50. The summed E-state index contributed by atoms with van der Waals surface area (Å²) in [6.45, 7) is 0.309. The second kappa shape index (κ2) is 8.34. The van der Waals surface area contributed by atoms with E-state index in [9.17, 15) is 9.18 Å². The van der Waals surface area contributed by atoms with Crippen LogP contribution in [-0.4, -0.2) is 24.7 Å². The fraction of sp³-hybridized carbons (Fsp3) is 0.190. The Labute approximate surface area is 151 Å². The number of carbonyl (C=O) groups excluding carboxylic acids is 1. The number of esters is 1. The maximum Gasteiger partial charge on any atom is 0.330 e. The summed E-state index contributed by atoms with van der Waals surface area (Å²) < 4.78 is 23.7. The number of halogens is 1. The highest BCUT2D eigenvalue weighted by Gasteiger charge is 2.05. The van der Waals surface area contributed by atoms with Crippen molar-refractivity contribution in [3.63, 3.8) is 0 Å². The molecule has 0 saturated heterocycles. The lowest BCUT2D eigenvalue weighted by Gasteiger charge is -2.03. The third-order valence-corrected chi connectivity index (χ3v) is 4.07. The number of carbonyl (C=O) groups is 1. The number of benzene rings is 2. The highest BCUT2D eigenvalue weighted by molar-refractivity contribution is 5.87. The fourth-order valence-corrected chi connectivity index (χ4v) is 2.75. The van der Waals surface area contributed by atoms with E-state index in [0.29, 0.717) is 19.4 Å². The van der Waals surface area contributed by atoms with Crippen molar-refractivity contribution in [3.8, 4) is 5.75 Å². The first-order valence-electron chi connectivity index (χ1n) is 8.40. The molecular weight excluding hydrogens is 333 g/mol. The normalized spacial score (nSPS) is 11.2. The molecule has 0 atom stereocenters. The van der Waals surface area contributed by atoms with Gasteiger partial charge in [0.1, 0.15) is 11.6 Å². The molecule has 0 aliphatic heterocycles. The van der Waals surface area contributed by atoms with Gasteiger partial charge in [-0.2, -0.15) is 0 Å². The predicted molar refractivity (Wildman–Crippen MR) is 99.6 cm³/mol. The summed E-state index contributed by atoms with van der Waals surface area (Å²) in [4.78, 5) is 14.9.